The second-order valence-electron chi connectivity index (χ2n) is 6.55. The number of benzene rings is 1. The number of aromatic nitrogens is 3. The van der Waals surface area contributed by atoms with Crippen LogP contribution in [0.25, 0.3) is 21.8 Å². The zero-order chi connectivity index (χ0) is 19.1. The fourth-order valence-corrected chi connectivity index (χ4v) is 3.56. The summed E-state index contributed by atoms with van der Waals surface area (Å²) in [6, 6.07) is 5.67. The van der Waals surface area contributed by atoms with Crippen molar-refractivity contribution in [1.82, 2.24) is 15.0 Å². The first-order valence-corrected chi connectivity index (χ1v) is 8.81. The zero-order valence-corrected chi connectivity index (χ0v) is 15.7. The van der Waals surface area contributed by atoms with Crippen molar-refractivity contribution in [3.05, 3.63) is 56.7 Å². The Labute approximate surface area is 157 Å². The minimum atomic E-state index is -0.926. The number of nitrogens with zero attached hydrogens (tertiary/aromatic N) is 4. The van der Waals surface area contributed by atoms with Gasteiger partial charge in [0.1, 0.15) is 0 Å². The molecule has 3 rings (SSSR count). The number of rotatable bonds is 3. The van der Waals surface area contributed by atoms with Crippen LogP contribution < -0.4 is 0 Å². The summed E-state index contributed by atoms with van der Waals surface area (Å²) in [6.07, 6.45) is 1.49. The molecular weight excluding hydrogens is 379 g/mol. The van der Waals surface area contributed by atoms with E-state index in [0.29, 0.717) is 16.3 Å². The van der Waals surface area contributed by atoms with Gasteiger partial charge < -0.3 is 0 Å². The van der Waals surface area contributed by atoms with Gasteiger partial charge in [-0.15, -0.1) is 11.3 Å². The molecule has 1 aromatic carbocycles. The third kappa shape index (κ3) is 3.42. The van der Waals surface area contributed by atoms with Crippen molar-refractivity contribution in [3.8, 4) is 21.8 Å². The molecule has 134 valence electrons. The predicted octanol–water partition coefficient (Wildman–Crippen LogP) is 5.27. The summed E-state index contributed by atoms with van der Waals surface area (Å²) in [7, 11) is 0. The summed E-state index contributed by atoms with van der Waals surface area (Å²) in [5, 5.41) is 11.9. The van der Waals surface area contributed by atoms with E-state index in [1.165, 1.54) is 29.7 Å². The molecule has 0 saturated carbocycles. The molecule has 9 heteroatoms. The summed E-state index contributed by atoms with van der Waals surface area (Å²) in [6.45, 7) is 5.95. The van der Waals surface area contributed by atoms with Crippen LogP contribution in [0, 0.1) is 15.9 Å². The Hall–Kier alpha value is -2.45. The average molecular weight is 393 g/mol. The normalized spacial score (nSPS) is 11.6. The lowest BCUT2D eigenvalue weighted by molar-refractivity contribution is -0.387. The number of nitro benzene ring substituents is 1. The molecule has 0 atom stereocenters. The minimum Gasteiger partial charge on any atom is -0.258 e. The molecule has 0 unspecified atom stereocenters. The van der Waals surface area contributed by atoms with Crippen molar-refractivity contribution < 1.29 is 9.31 Å². The lowest BCUT2D eigenvalue weighted by Gasteiger charge is -2.13. The van der Waals surface area contributed by atoms with Crippen LogP contribution in [-0.2, 0) is 5.41 Å². The zero-order valence-electron chi connectivity index (χ0n) is 14.2. The van der Waals surface area contributed by atoms with E-state index >= 15 is 0 Å². The molecule has 0 N–H and O–H groups in total. The van der Waals surface area contributed by atoms with Gasteiger partial charge in [-0.05, 0) is 23.7 Å². The van der Waals surface area contributed by atoms with E-state index in [2.05, 4.69) is 15.0 Å². The summed E-state index contributed by atoms with van der Waals surface area (Å²) in [4.78, 5) is 23.5. The van der Waals surface area contributed by atoms with Gasteiger partial charge in [0.25, 0.3) is 0 Å². The molecule has 0 amide bonds. The second kappa shape index (κ2) is 6.69. The van der Waals surface area contributed by atoms with E-state index in [-0.39, 0.29) is 16.3 Å². The van der Waals surface area contributed by atoms with Gasteiger partial charge in [0.15, 0.2) is 0 Å². The molecule has 26 heavy (non-hydrogen) atoms. The standard InChI is InChI=1S/C17H14ClFN4O2S/c1-17(2,3)15-22-13(9-5-4-6-11(12(9)19)23(24)25)14(26-15)10-7-8-20-16(18)21-10/h4-8H,1-3H3. The van der Waals surface area contributed by atoms with Gasteiger partial charge in [-0.25, -0.2) is 15.0 Å². The van der Waals surface area contributed by atoms with Gasteiger partial charge in [0, 0.05) is 23.2 Å². The average Bonchev–Trinajstić information content (AvgIpc) is 3.00. The number of nitro groups is 1. The number of thiazole rings is 1. The van der Waals surface area contributed by atoms with Gasteiger partial charge in [-0.3, -0.25) is 10.1 Å². The van der Waals surface area contributed by atoms with Crippen LogP contribution in [0.4, 0.5) is 10.1 Å². The first kappa shape index (κ1) is 18.3. The highest BCUT2D eigenvalue weighted by molar-refractivity contribution is 7.15. The van der Waals surface area contributed by atoms with E-state index in [1.54, 1.807) is 6.07 Å². The summed E-state index contributed by atoms with van der Waals surface area (Å²) in [5.41, 5.74) is -0.0453. The second-order valence-corrected chi connectivity index (χ2v) is 7.89. The molecule has 0 aliphatic heterocycles. The Balaban J connectivity index is 2.29. The highest BCUT2D eigenvalue weighted by atomic mass is 35.5. The quantitative estimate of drug-likeness (QED) is 0.344. The Kier molecular flexibility index (Phi) is 4.72. The summed E-state index contributed by atoms with van der Waals surface area (Å²) < 4.78 is 14.8. The lowest BCUT2D eigenvalue weighted by Crippen LogP contribution is -2.10. The fraction of sp³-hybridized carbons (Fsp3) is 0.235. The SMILES string of the molecule is CC(C)(C)c1nc(-c2cccc([N+](=O)[O-])c2F)c(-c2ccnc(Cl)n2)s1. The van der Waals surface area contributed by atoms with Crippen LogP contribution in [-0.4, -0.2) is 19.9 Å². The van der Waals surface area contributed by atoms with Crippen LogP contribution in [0.2, 0.25) is 5.28 Å². The van der Waals surface area contributed by atoms with Gasteiger partial charge in [0.05, 0.1) is 26.2 Å². The monoisotopic (exact) mass is 392 g/mol. The molecule has 0 spiro atoms. The van der Waals surface area contributed by atoms with Crippen molar-refractivity contribution in [1.29, 1.82) is 0 Å². The van der Waals surface area contributed by atoms with Crippen LogP contribution in [0.5, 0.6) is 0 Å². The van der Waals surface area contributed by atoms with Crippen molar-refractivity contribution in [2.24, 2.45) is 0 Å². The first-order chi connectivity index (χ1) is 12.2. The predicted molar refractivity (Wildman–Crippen MR) is 98.9 cm³/mol. The van der Waals surface area contributed by atoms with Crippen LogP contribution in [0.1, 0.15) is 25.8 Å². The van der Waals surface area contributed by atoms with Crippen LogP contribution in [0.15, 0.2) is 30.5 Å². The molecule has 6 nitrogen and oxygen atoms in total. The molecule has 0 fully saturated rings. The van der Waals surface area contributed by atoms with Crippen LogP contribution >= 0.6 is 22.9 Å². The van der Waals surface area contributed by atoms with E-state index in [1.807, 2.05) is 20.8 Å². The van der Waals surface area contributed by atoms with Crippen molar-refractivity contribution in [2.45, 2.75) is 26.2 Å². The maximum Gasteiger partial charge on any atom is 0.305 e. The Bertz CT molecular complexity index is 1000. The van der Waals surface area contributed by atoms with Gasteiger partial charge in [0.2, 0.25) is 11.1 Å². The maximum atomic E-state index is 14.8. The fourth-order valence-electron chi connectivity index (χ4n) is 2.30. The van der Waals surface area contributed by atoms with Crippen LogP contribution in [0.3, 0.4) is 0 Å². The van der Waals surface area contributed by atoms with E-state index in [9.17, 15) is 14.5 Å². The third-order valence-electron chi connectivity index (χ3n) is 3.56. The topological polar surface area (TPSA) is 81.8 Å². The maximum absolute atomic E-state index is 14.8. The molecule has 2 aromatic heterocycles. The number of hydrogen-bond donors (Lipinski definition) is 0. The first-order valence-electron chi connectivity index (χ1n) is 7.62. The van der Waals surface area contributed by atoms with Crippen molar-refractivity contribution in [3.63, 3.8) is 0 Å². The lowest BCUT2D eigenvalue weighted by atomic mass is 9.98. The molecule has 0 aliphatic carbocycles. The van der Waals surface area contributed by atoms with E-state index < -0.39 is 16.4 Å². The molecular formula is C17H14ClFN4O2S. The third-order valence-corrected chi connectivity index (χ3v) is 5.24. The summed E-state index contributed by atoms with van der Waals surface area (Å²) in [5.74, 6) is -0.926. The smallest absolute Gasteiger partial charge is 0.258 e. The molecule has 0 aliphatic rings. The summed E-state index contributed by atoms with van der Waals surface area (Å²) >= 11 is 7.24. The van der Waals surface area contributed by atoms with Gasteiger partial charge >= 0.3 is 5.69 Å². The van der Waals surface area contributed by atoms with Crippen molar-refractivity contribution >= 4 is 28.6 Å². The highest BCUT2D eigenvalue weighted by Crippen LogP contribution is 2.41. The van der Waals surface area contributed by atoms with Crippen molar-refractivity contribution in [2.75, 3.05) is 0 Å². The Morgan fingerprint density at radius 1 is 1.23 bits per heavy atom. The molecule has 3 aromatic rings. The number of halogens is 2. The Morgan fingerprint density at radius 2 is 1.96 bits per heavy atom. The van der Waals surface area contributed by atoms with Gasteiger partial charge in [-0.2, -0.15) is 4.39 Å². The van der Waals surface area contributed by atoms with E-state index in [4.69, 9.17) is 11.6 Å². The number of hydrogen-bond acceptors (Lipinski definition) is 6. The molecule has 2 heterocycles. The van der Waals surface area contributed by atoms with E-state index in [0.717, 1.165) is 11.1 Å². The Morgan fingerprint density at radius 3 is 2.58 bits per heavy atom. The molecule has 0 saturated heterocycles. The largest absolute Gasteiger partial charge is 0.305 e. The highest BCUT2D eigenvalue weighted by Gasteiger charge is 2.27. The molecule has 0 bridgehead atoms. The van der Waals surface area contributed by atoms with Gasteiger partial charge in [-0.1, -0.05) is 26.8 Å². The minimum absolute atomic E-state index is 0.0516. The molecule has 0 radical (unpaired) electrons.